The molecule has 2 aliphatic heterocycles. The first kappa shape index (κ1) is 32.2. The number of nitrogens with one attached hydrogen (secondary N) is 5. The fraction of sp³-hybridized carbons (Fsp3) is 0.808. The first-order valence-electron chi connectivity index (χ1n) is 14.1. The lowest BCUT2D eigenvalue weighted by Gasteiger charge is -2.27. The summed E-state index contributed by atoms with van der Waals surface area (Å²) in [6.07, 6.45) is 10.8. The number of piperidine rings is 2. The van der Waals surface area contributed by atoms with E-state index in [0.29, 0.717) is 18.3 Å². The lowest BCUT2D eigenvalue weighted by Crippen LogP contribution is -2.49. The highest BCUT2D eigenvalue weighted by atomic mass is 32.2. The van der Waals surface area contributed by atoms with Crippen molar-refractivity contribution in [2.75, 3.05) is 39.3 Å². The molecule has 6 N–H and O–H groups in total. The molecule has 2 rings (SSSR count). The molecule has 12 heteroatoms. The summed E-state index contributed by atoms with van der Waals surface area (Å²) in [5.74, 6) is -1.07. The van der Waals surface area contributed by atoms with Gasteiger partial charge in [-0.05, 0) is 95.8 Å². The van der Waals surface area contributed by atoms with E-state index < -0.39 is 34.5 Å². The lowest BCUT2D eigenvalue weighted by molar-refractivity contribution is -0.139. The molecule has 218 valence electrons. The van der Waals surface area contributed by atoms with Gasteiger partial charge in [0.2, 0.25) is 21.8 Å². The van der Waals surface area contributed by atoms with Crippen LogP contribution in [0.4, 0.5) is 0 Å². The van der Waals surface area contributed by atoms with Gasteiger partial charge in [-0.2, -0.15) is 4.72 Å². The zero-order valence-corrected chi connectivity index (χ0v) is 23.5. The molecule has 0 aromatic carbocycles. The van der Waals surface area contributed by atoms with Gasteiger partial charge in [-0.3, -0.25) is 14.4 Å². The molecule has 0 aromatic rings. The Hall–Kier alpha value is -2.02. The van der Waals surface area contributed by atoms with Gasteiger partial charge in [0.05, 0.1) is 6.54 Å². The Labute approximate surface area is 227 Å². The quantitative estimate of drug-likeness (QED) is 0.155. The molecule has 2 heterocycles. The van der Waals surface area contributed by atoms with Gasteiger partial charge in [0.1, 0.15) is 6.04 Å². The highest BCUT2D eigenvalue weighted by Crippen LogP contribution is 2.26. The maximum atomic E-state index is 13.0. The topological polar surface area (TPSA) is 166 Å². The van der Waals surface area contributed by atoms with Crippen molar-refractivity contribution in [3.05, 3.63) is 11.5 Å². The van der Waals surface area contributed by atoms with E-state index in [2.05, 4.69) is 26.0 Å². The van der Waals surface area contributed by atoms with Crippen molar-refractivity contribution in [1.82, 2.24) is 26.0 Å². The zero-order chi connectivity index (χ0) is 27.8. The second kappa shape index (κ2) is 17.5. The maximum absolute atomic E-state index is 13.0. The van der Waals surface area contributed by atoms with Crippen molar-refractivity contribution in [3.63, 3.8) is 0 Å². The number of carbonyl (C=O) groups is 3. The molecule has 0 aromatic heterocycles. The van der Waals surface area contributed by atoms with Crippen LogP contribution >= 0.6 is 0 Å². The Morgan fingerprint density at radius 1 is 0.947 bits per heavy atom. The van der Waals surface area contributed by atoms with Crippen molar-refractivity contribution in [1.29, 1.82) is 0 Å². The second-order valence-electron chi connectivity index (χ2n) is 10.5. The van der Waals surface area contributed by atoms with Crippen molar-refractivity contribution in [3.8, 4) is 0 Å². The third-order valence-corrected chi connectivity index (χ3v) is 8.56. The van der Waals surface area contributed by atoms with Gasteiger partial charge in [0, 0.05) is 17.9 Å². The number of carbonyl (C=O) groups excluding carboxylic acids is 2. The number of carboxylic acids is 1. The molecular formula is C26H47N5O6S. The monoisotopic (exact) mass is 557 g/mol. The van der Waals surface area contributed by atoms with E-state index in [1.165, 1.54) is 6.08 Å². The van der Waals surface area contributed by atoms with Gasteiger partial charge >= 0.3 is 5.97 Å². The molecule has 2 fully saturated rings. The third kappa shape index (κ3) is 13.2. The average molecular weight is 558 g/mol. The first-order valence-corrected chi connectivity index (χ1v) is 15.6. The molecule has 0 radical (unpaired) electrons. The van der Waals surface area contributed by atoms with Crippen LogP contribution in [0.25, 0.3) is 0 Å². The minimum absolute atomic E-state index is 0.153. The Morgan fingerprint density at radius 3 is 2.00 bits per heavy atom. The molecule has 0 spiro atoms. The van der Waals surface area contributed by atoms with Crippen LogP contribution < -0.4 is 26.0 Å². The highest BCUT2D eigenvalue weighted by Gasteiger charge is 2.25. The Bertz CT molecular complexity index is 847. The molecule has 38 heavy (non-hydrogen) atoms. The van der Waals surface area contributed by atoms with Gasteiger partial charge in [0.15, 0.2) is 0 Å². The van der Waals surface area contributed by atoms with Crippen LogP contribution in [0.15, 0.2) is 11.5 Å². The third-order valence-electron chi connectivity index (χ3n) is 7.40. The number of hydrogen-bond acceptors (Lipinski definition) is 7. The van der Waals surface area contributed by atoms with E-state index in [1.807, 2.05) is 6.92 Å². The maximum Gasteiger partial charge on any atom is 0.323 e. The standard InChI is InChI=1S/C26H47N5O6S/c1-2-3-4-17-38(36,37)31-23(26(34)35)18-29-24(32)19-30-25(33)22(7-5-20-9-13-27-14-10-20)8-6-21-11-15-28-16-12-21/h4,17,20-23,27-28,31H,2-3,5-16,18-19H2,1H3,(H,29,32)(H,30,33)(H,34,35)/b17-4+. The average Bonchev–Trinajstić information content (AvgIpc) is 2.90. The number of amides is 2. The van der Waals surface area contributed by atoms with Crippen LogP contribution in [-0.4, -0.2) is 76.6 Å². The van der Waals surface area contributed by atoms with E-state index in [-0.39, 0.29) is 18.4 Å². The first-order chi connectivity index (χ1) is 18.2. The van der Waals surface area contributed by atoms with Gasteiger partial charge < -0.3 is 26.4 Å². The number of hydrogen-bond donors (Lipinski definition) is 6. The number of carboxylic acid groups (broad SMARTS) is 1. The Morgan fingerprint density at radius 2 is 1.50 bits per heavy atom. The number of rotatable bonds is 17. The summed E-state index contributed by atoms with van der Waals surface area (Å²) < 4.78 is 26.2. The van der Waals surface area contributed by atoms with E-state index >= 15 is 0 Å². The van der Waals surface area contributed by atoms with Gasteiger partial charge in [-0.15, -0.1) is 0 Å². The second-order valence-corrected chi connectivity index (χ2v) is 12.1. The summed E-state index contributed by atoms with van der Waals surface area (Å²) in [7, 11) is -3.95. The summed E-state index contributed by atoms with van der Waals surface area (Å²) in [5, 5.41) is 22.2. The Balaban J connectivity index is 1.83. The van der Waals surface area contributed by atoms with Crippen LogP contribution in [0.5, 0.6) is 0 Å². The summed E-state index contributed by atoms with van der Waals surface area (Å²) in [4.78, 5) is 36.9. The summed E-state index contributed by atoms with van der Waals surface area (Å²) in [5.41, 5.74) is 0. The van der Waals surface area contributed by atoms with Crippen molar-refractivity contribution >= 4 is 27.8 Å². The molecule has 0 saturated carbocycles. The number of sulfonamides is 1. The largest absolute Gasteiger partial charge is 0.480 e. The van der Waals surface area contributed by atoms with E-state index in [1.54, 1.807) is 0 Å². The Kier molecular flexibility index (Phi) is 14.9. The van der Waals surface area contributed by atoms with Crippen molar-refractivity contribution < 1.29 is 27.9 Å². The van der Waals surface area contributed by atoms with E-state index in [4.69, 9.17) is 0 Å². The minimum Gasteiger partial charge on any atom is -0.480 e. The van der Waals surface area contributed by atoms with Crippen LogP contribution in [0.1, 0.15) is 71.1 Å². The SMILES string of the molecule is CCC/C=C/S(=O)(=O)NC(CNC(=O)CNC(=O)C(CCC1CCNCC1)CCC1CCNCC1)C(=O)O. The predicted molar refractivity (Wildman–Crippen MR) is 147 cm³/mol. The zero-order valence-electron chi connectivity index (χ0n) is 22.7. The molecule has 1 atom stereocenters. The number of unbranched alkanes of at least 4 members (excludes halogenated alkanes) is 1. The predicted octanol–water partition coefficient (Wildman–Crippen LogP) is 1.08. The lowest BCUT2D eigenvalue weighted by atomic mass is 9.84. The highest BCUT2D eigenvalue weighted by molar-refractivity contribution is 7.92. The summed E-state index contributed by atoms with van der Waals surface area (Å²) in [6.45, 7) is 5.23. The molecule has 1 unspecified atom stereocenters. The molecule has 0 aliphatic carbocycles. The van der Waals surface area contributed by atoms with E-state index in [9.17, 15) is 27.9 Å². The van der Waals surface area contributed by atoms with Gasteiger partial charge in [0.25, 0.3) is 0 Å². The molecule has 0 bridgehead atoms. The number of aliphatic carboxylic acids is 1. The van der Waals surface area contributed by atoms with Gasteiger partial charge in [-0.25, -0.2) is 8.42 Å². The minimum atomic E-state index is -3.95. The smallest absolute Gasteiger partial charge is 0.323 e. The molecular weight excluding hydrogens is 510 g/mol. The van der Waals surface area contributed by atoms with Gasteiger partial charge in [-0.1, -0.05) is 19.4 Å². The summed E-state index contributed by atoms with van der Waals surface area (Å²) >= 11 is 0. The van der Waals surface area contributed by atoms with Crippen LogP contribution in [0.2, 0.25) is 0 Å². The normalized spacial score (nSPS) is 18.5. The van der Waals surface area contributed by atoms with Crippen LogP contribution in [-0.2, 0) is 24.4 Å². The van der Waals surface area contributed by atoms with E-state index in [0.717, 1.165) is 89.4 Å². The molecule has 11 nitrogen and oxygen atoms in total. The number of allylic oxidation sites excluding steroid dienone is 1. The molecule has 2 aliphatic rings. The van der Waals surface area contributed by atoms with Crippen molar-refractivity contribution in [2.24, 2.45) is 17.8 Å². The van der Waals surface area contributed by atoms with Crippen LogP contribution in [0, 0.1) is 17.8 Å². The van der Waals surface area contributed by atoms with Crippen molar-refractivity contribution in [2.45, 2.75) is 77.2 Å². The fourth-order valence-electron chi connectivity index (χ4n) is 4.99. The fourth-order valence-corrected chi connectivity index (χ4v) is 6.04. The molecule has 2 saturated heterocycles. The summed E-state index contributed by atoms with van der Waals surface area (Å²) in [6, 6.07) is -1.52. The molecule has 2 amide bonds. The van der Waals surface area contributed by atoms with Crippen LogP contribution in [0.3, 0.4) is 0 Å².